The molecule has 40 heavy (non-hydrogen) atoms. The Balaban J connectivity index is 1.38. The number of hydrogen-bond acceptors (Lipinski definition) is 9. The lowest BCUT2D eigenvalue weighted by Crippen LogP contribution is -2.50. The van der Waals surface area contributed by atoms with E-state index in [9.17, 15) is 24.9 Å². The van der Waals surface area contributed by atoms with Crippen molar-refractivity contribution in [3.8, 4) is 0 Å². The van der Waals surface area contributed by atoms with Gasteiger partial charge in [-0.05, 0) is 49.0 Å². The van der Waals surface area contributed by atoms with Crippen LogP contribution in [0.25, 0.3) is 16.6 Å². The van der Waals surface area contributed by atoms with Crippen molar-refractivity contribution >= 4 is 28.5 Å². The van der Waals surface area contributed by atoms with E-state index in [2.05, 4.69) is 5.32 Å². The van der Waals surface area contributed by atoms with Gasteiger partial charge in [-0.25, -0.2) is 14.2 Å². The van der Waals surface area contributed by atoms with Crippen LogP contribution >= 0.6 is 0 Å². The molecule has 0 radical (unpaired) electrons. The number of cyclic esters (lactones) is 1. The van der Waals surface area contributed by atoms with Crippen LogP contribution in [0.2, 0.25) is 0 Å². The number of ether oxygens (including phenoxy) is 1. The number of benzene rings is 1. The van der Waals surface area contributed by atoms with Gasteiger partial charge in [-0.3, -0.25) is 9.69 Å². The smallest absolute Gasteiger partial charge is 0.343 e. The predicted molar refractivity (Wildman–Crippen MR) is 141 cm³/mol. The molecule has 5 heterocycles. The van der Waals surface area contributed by atoms with E-state index in [4.69, 9.17) is 9.72 Å². The second kappa shape index (κ2) is 8.81. The van der Waals surface area contributed by atoms with Crippen molar-refractivity contribution in [2.45, 2.75) is 63.6 Å². The molecule has 0 saturated carbocycles. The molecule has 2 aromatic rings. The summed E-state index contributed by atoms with van der Waals surface area (Å²) >= 11 is 0. The molecular weight excluding hydrogens is 519 g/mol. The molecule has 11 heteroatoms. The summed E-state index contributed by atoms with van der Waals surface area (Å²) in [4.78, 5) is 34.3. The number of rotatable bonds is 5. The van der Waals surface area contributed by atoms with E-state index in [0.717, 1.165) is 22.1 Å². The van der Waals surface area contributed by atoms with Crippen molar-refractivity contribution in [3.63, 3.8) is 0 Å². The topological polar surface area (TPSA) is 135 Å². The van der Waals surface area contributed by atoms with Crippen LogP contribution in [-0.2, 0) is 27.3 Å². The molecular formula is C29H31FN4O6. The number of halogens is 1. The number of aryl methyl sites for hydroxylation is 1. The van der Waals surface area contributed by atoms with Crippen LogP contribution in [0.15, 0.2) is 23.3 Å². The molecule has 0 spiro atoms. The first-order chi connectivity index (χ1) is 19.2. The van der Waals surface area contributed by atoms with E-state index in [1.807, 2.05) is 4.90 Å². The molecule has 2 unspecified atom stereocenters. The lowest BCUT2D eigenvalue weighted by atomic mass is 9.81. The van der Waals surface area contributed by atoms with Gasteiger partial charge in [0.2, 0.25) is 5.91 Å². The number of hydrogen-bond donors (Lipinski definition) is 4. The molecule has 4 N–H and O–H groups in total. The summed E-state index contributed by atoms with van der Waals surface area (Å²) in [6.45, 7) is 4.61. The van der Waals surface area contributed by atoms with Gasteiger partial charge in [-0.2, -0.15) is 0 Å². The molecule has 10 nitrogen and oxygen atoms in total. The van der Waals surface area contributed by atoms with Gasteiger partial charge in [0.1, 0.15) is 18.5 Å². The number of carbonyl (C=O) groups is 2. The molecule has 210 valence electrons. The summed E-state index contributed by atoms with van der Waals surface area (Å²) in [5.74, 6) is -1.23. The van der Waals surface area contributed by atoms with Gasteiger partial charge in [0.25, 0.3) is 0 Å². The van der Waals surface area contributed by atoms with E-state index in [1.54, 1.807) is 24.8 Å². The fourth-order valence-corrected chi connectivity index (χ4v) is 6.92. The van der Waals surface area contributed by atoms with Crippen LogP contribution in [0.3, 0.4) is 0 Å². The molecule has 5 aliphatic rings. The third-order valence-corrected chi connectivity index (χ3v) is 9.27. The van der Waals surface area contributed by atoms with E-state index < -0.39 is 17.8 Å². The zero-order chi connectivity index (χ0) is 28.1. The third kappa shape index (κ3) is 3.44. The maximum atomic E-state index is 15.1. The van der Waals surface area contributed by atoms with Gasteiger partial charge < -0.3 is 30.3 Å². The number of aliphatic hydroxyl groups is 3. The average Bonchev–Trinajstić information content (AvgIpc) is 3.62. The molecule has 1 amide bonds. The van der Waals surface area contributed by atoms with Crippen LogP contribution in [0, 0.1) is 12.7 Å². The minimum Gasteiger partial charge on any atom is -0.459 e. The normalized spacial score (nSPS) is 30.0. The fraction of sp³-hybridized carbons (Fsp3) is 0.483. The number of β-amino-alcohol motifs (C(OH)–C–C–N with tert-alkyl or cyclic N) is 1. The van der Waals surface area contributed by atoms with Crippen molar-refractivity contribution in [1.29, 1.82) is 0 Å². The predicted octanol–water partition coefficient (Wildman–Crippen LogP) is 0.945. The summed E-state index contributed by atoms with van der Waals surface area (Å²) in [6, 6.07) is 0.782. The Bertz CT molecular complexity index is 1570. The molecule has 1 aromatic carbocycles. The summed E-state index contributed by atoms with van der Waals surface area (Å²) < 4.78 is 20.3. The molecule has 0 bridgehead atoms. The van der Waals surface area contributed by atoms with Crippen molar-refractivity contribution in [2.75, 3.05) is 26.3 Å². The van der Waals surface area contributed by atoms with Crippen LogP contribution in [0.5, 0.6) is 0 Å². The van der Waals surface area contributed by atoms with Crippen LogP contribution < -0.4 is 5.32 Å². The molecule has 1 fully saturated rings. The molecule has 1 saturated heterocycles. The number of fused-ring (bicyclic) bond motifs is 4. The quantitative estimate of drug-likeness (QED) is 0.317. The van der Waals surface area contributed by atoms with Crippen molar-refractivity contribution in [3.05, 3.63) is 57.1 Å². The number of esters is 1. The average molecular weight is 551 g/mol. The zero-order valence-corrected chi connectivity index (χ0v) is 22.3. The highest BCUT2D eigenvalue weighted by Gasteiger charge is 2.50. The number of pyridine rings is 1. The van der Waals surface area contributed by atoms with E-state index >= 15 is 4.39 Å². The maximum absolute atomic E-state index is 15.1. The standard InChI is InChI=1S/C29H31FN4O6/c1-3-29(39)17-8-21-25-15(10-34(21)27(37)16(17)12-40-28(29)38)24-19(32-26(36)22-11-33(22)6-7-35)5-4-14-13(2)18(30)9-20(31-25)23(14)24/h8-9,19,22,27,35,37,39H,3-7,10-12H2,1-2H3,(H,32,36)/t19-,22-,27?,29-,33?/m0/s1. The highest BCUT2D eigenvalue weighted by atomic mass is 19.1. The Morgan fingerprint density at radius 1 is 1.35 bits per heavy atom. The summed E-state index contributed by atoms with van der Waals surface area (Å²) in [6.07, 6.45) is 1.77. The van der Waals surface area contributed by atoms with E-state index in [-0.39, 0.29) is 50.0 Å². The second-order valence-electron chi connectivity index (χ2n) is 11.3. The summed E-state index contributed by atoms with van der Waals surface area (Å²) in [5.41, 5.74) is 3.50. The Morgan fingerprint density at radius 3 is 2.90 bits per heavy atom. The first-order valence-electron chi connectivity index (χ1n) is 13.8. The Kier molecular flexibility index (Phi) is 5.63. The number of nitrogens with zero attached hydrogens (tertiary/aromatic N) is 3. The van der Waals surface area contributed by atoms with Crippen molar-refractivity contribution in [2.24, 2.45) is 0 Å². The number of aromatic nitrogens is 1. The van der Waals surface area contributed by atoms with Crippen LogP contribution in [0.4, 0.5) is 4.39 Å². The van der Waals surface area contributed by atoms with Gasteiger partial charge >= 0.3 is 5.97 Å². The summed E-state index contributed by atoms with van der Waals surface area (Å²) in [5, 5.41) is 35.9. The Hall–Kier alpha value is -3.38. The van der Waals surface area contributed by atoms with Gasteiger partial charge in [0.05, 0.1) is 29.6 Å². The lowest BCUT2D eigenvalue weighted by molar-refractivity contribution is -0.164. The molecule has 4 aliphatic heterocycles. The molecule has 1 aromatic heterocycles. The molecule has 5 atom stereocenters. The SMILES string of the molecule is CC[C@@]1(O)C(=O)OCC2=C1C=C1c3nc4cc(F)c(C)c5c4c(c3CN1C2O)[C@@H](NC(=O)[C@@H]1CN1CCO)CC5. The second-order valence-corrected chi connectivity index (χ2v) is 11.3. The van der Waals surface area contributed by atoms with Gasteiger partial charge in [-0.1, -0.05) is 6.92 Å². The number of aliphatic hydroxyl groups excluding tert-OH is 2. The minimum absolute atomic E-state index is 0.0149. The van der Waals surface area contributed by atoms with Gasteiger partial charge in [0, 0.05) is 47.8 Å². The first kappa shape index (κ1) is 25.6. The molecule has 7 rings (SSSR count). The molecule has 1 aliphatic carbocycles. The van der Waals surface area contributed by atoms with E-state index in [0.29, 0.717) is 59.5 Å². The summed E-state index contributed by atoms with van der Waals surface area (Å²) in [7, 11) is 0. The van der Waals surface area contributed by atoms with Crippen molar-refractivity contribution < 1.29 is 34.0 Å². The maximum Gasteiger partial charge on any atom is 0.343 e. The fourth-order valence-electron chi connectivity index (χ4n) is 6.92. The monoisotopic (exact) mass is 550 g/mol. The Labute approximate surface area is 229 Å². The number of nitrogens with one attached hydrogen (secondary N) is 1. The van der Waals surface area contributed by atoms with Gasteiger partial charge in [-0.15, -0.1) is 0 Å². The van der Waals surface area contributed by atoms with E-state index in [1.165, 1.54) is 6.07 Å². The van der Waals surface area contributed by atoms with Crippen LogP contribution in [-0.4, -0.2) is 86.2 Å². The number of carbonyl (C=O) groups excluding carboxylic acids is 2. The van der Waals surface area contributed by atoms with Gasteiger partial charge in [0.15, 0.2) is 11.8 Å². The minimum atomic E-state index is -1.89. The number of amides is 1. The van der Waals surface area contributed by atoms with Crippen molar-refractivity contribution in [1.82, 2.24) is 20.1 Å². The zero-order valence-electron chi connectivity index (χ0n) is 22.3. The first-order valence-corrected chi connectivity index (χ1v) is 13.8. The largest absolute Gasteiger partial charge is 0.459 e. The Morgan fingerprint density at radius 2 is 2.15 bits per heavy atom. The van der Waals surface area contributed by atoms with Crippen LogP contribution in [0.1, 0.15) is 53.8 Å². The highest BCUT2D eigenvalue weighted by Crippen LogP contribution is 2.49. The third-order valence-electron chi connectivity index (χ3n) is 9.27. The highest BCUT2D eigenvalue weighted by molar-refractivity contribution is 5.95. The lowest BCUT2D eigenvalue weighted by Gasteiger charge is -2.40.